The maximum absolute atomic E-state index is 12.9. The first-order valence-electron chi connectivity index (χ1n) is 30.8. The molecule has 0 radical (unpaired) electrons. The van der Waals surface area contributed by atoms with Gasteiger partial charge in [-0.3, -0.25) is 14.4 Å². The van der Waals surface area contributed by atoms with Crippen LogP contribution in [0.5, 0.6) is 0 Å². The molecule has 0 saturated heterocycles. The Balaban J connectivity index is 4.21. The molecule has 0 amide bonds. The summed E-state index contributed by atoms with van der Waals surface area (Å²) >= 11 is 0. The Kier molecular flexibility index (Phi) is 53.5. The zero-order chi connectivity index (χ0) is 49.6. The van der Waals surface area contributed by atoms with Gasteiger partial charge in [0.05, 0.1) is 0 Å². The highest BCUT2D eigenvalue weighted by atomic mass is 16.6. The van der Waals surface area contributed by atoms with Crippen molar-refractivity contribution in [1.29, 1.82) is 0 Å². The highest BCUT2D eigenvalue weighted by molar-refractivity contribution is 5.71. The average molecular weight is 962 g/mol. The highest BCUT2D eigenvalue weighted by Gasteiger charge is 2.19. The molecule has 0 bridgehead atoms. The number of hydrogen-bond donors (Lipinski definition) is 0. The van der Waals surface area contributed by atoms with Crippen molar-refractivity contribution in [3.8, 4) is 0 Å². The van der Waals surface area contributed by atoms with E-state index in [9.17, 15) is 14.4 Å². The van der Waals surface area contributed by atoms with Crippen LogP contribution < -0.4 is 0 Å². The molecule has 0 aromatic heterocycles. The van der Waals surface area contributed by atoms with E-state index in [-0.39, 0.29) is 31.1 Å². The largest absolute Gasteiger partial charge is 0.462 e. The summed E-state index contributed by atoms with van der Waals surface area (Å²) < 4.78 is 16.9. The van der Waals surface area contributed by atoms with Gasteiger partial charge in [-0.2, -0.15) is 0 Å². The molecule has 0 saturated carbocycles. The number of rotatable bonds is 56. The first kappa shape index (κ1) is 66.4. The van der Waals surface area contributed by atoms with Crippen LogP contribution >= 0.6 is 0 Å². The first-order chi connectivity index (χ1) is 33.3. The Bertz CT molecular complexity index is 1040. The molecule has 0 aliphatic heterocycles. The van der Waals surface area contributed by atoms with Crippen molar-refractivity contribution in [2.75, 3.05) is 13.2 Å². The molecule has 404 valence electrons. The molecule has 1 unspecified atom stereocenters. The second-order valence-corrected chi connectivity index (χ2v) is 22.1. The average Bonchev–Trinajstić information content (AvgIpc) is 3.32. The molecule has 6 heteroatoms. The zero-order valence-electron chi connectivity index (χ0n) is 46.7. The van der Waals surface area contributed by atoms with E-state index in [1.807, 2.05) is 0 Å². The summed E-state index contributed by atoms with van der Waals surface area (Å²) in [5, 5.41) is 0. The number of esters is 3. The standard InChI is InChI=1S/C62H120O6/c1-6-8-9-10-11-12-25-32-37-42-47-52-60(63)66-55-59(68-62(65)54-49-44-39-34-29-24-20-19-21-26-30-35-40-45-50-57(3)4)56-67-61(64)53-48-43-38-33-28-23-18-16-14-13-15-17-22-27-31-36-41-46-51-58(5)7-2/h57-59H,6-56H2,1-5H3/t58?,59-/m0/s1. The van der Waals surface area contributed by atoms with Gasteiger partial charge in [-0.25, -0.2) is 0 Å². The normalized spacial score (nSPS) is 12.4. The van der Waals surface area contributed by atoms with E-state index >= 15 is 0 Å². The molecular weight excluding hydrogens is 841 g/mol. The van der Waals surface area contributed by atoms with Crippen LogP contribution in [0.3, 0.4) is 0 Å². The molecule has 0 N–H and O–H groups in total. The summed E-state index contributed by atoms with van der Waals surface area (Å²) in [5.41, 5.74) is 0. The van der Waals surface area contributed by atoms with Gasteiger partial charge in [-0.1, -0.05) is 311 Å². The van der Waals surface area contributed by atoms with Gasteiger partial charge in [-0.05, 0) is 31.1 Å². The van der Waals surface area contributed by atoms with E-state index in [1.54, 1.807) is 0 Å². The third kappa shape index (κ3) is 53.8. The zero-order valence-corrected chi connectivity index (χ0v) is 46.7. The van der Waals surface area contributed by atoms with Crippen LogP contribution in [0, 0.1) is 11.8 Å². The van der Waals surface area contributed by atoms with Gasteiger partial charge >= 0.3 is 17.9 Å². The van der Waals surface area contributed by atoms with E-state index in [4.69, 9.17) is 14.2 Å². The van der Waals surface area contributed by atoms with Crippen LogP contribution in [0.15, 0.2) is 0 Å². The maximum atomic E-state index is 12.9. The van der Waals surface area contributed by atoms with Gasteiger partial charge in [0.1, 0.15) is 13.2 Å². The monoisotopic (exact) mass is 961 g/mol. The number of carbonyl (C=O) groups is 3. The van der Waals surface area contributed by atoms with Crippen LogP contribution in [0.2, 0.25) is 0 Å². The minimum atomic E-state index is -0.762. The lowest BCUT2D eigenvalue weighted by Gasteiger charge is -2.18. The van der Waals surface area contributed by atoms with E-state index in [0.717, 1.165) is 69.6 Å². The van der Waals surface area contributed by atoms with Crippen molar-refractivity contribution in [2.24, 2.45) is 11.8 Å². The van der Waals surface area contributed by atoms with Gasteiger partial charge in [0, 0.05) is 19.3 Å². The molecule has 0 heterocycles. The maximum Gasteiger partial charge on any atom is 0.306 e. The number of hydrogen-bond acceptors (Lipinski definition) is 6. The molecular formula is C62H120O6. The van der Waals surface area contributed by atoms with Crippen molar-refractivity contribution in [1.82, 2.24) is 0 Å². The molecule has 6 nitrogen and oxygen atoms in total. The minimum Gasteiger partial charge on any atom is -0.462 e. The van der Waals surface area contributed by atoms with Gasteiger partial charge in [0.2, 0.25) is 0 Å². The van der Waals surface area contributed by atoms with Gasteiger partial charge in [0.25, 0.3) is 0 Å². The molecule has 0 rings (SSSR count). The Morgan fingerprint density at radius 1 is 0.309 bits per heavy atom. The smallest absolute Gasteiger partial charge is 0.306 e. The lowest BCUT2D eigenvalue weighted by Crippen LogP contribution is -2.30. The minimum absolute atomic E-state index is 0.0622. The Labute approximate surface area is 425 Å². The summed E-state index contributed by atoms with van der Waals surface area (Å²) in [7, 11) is 0. The predicted molar refractivity (Wildman–Crippen MR) is 293 cm³/mol. The summed E-state index contributed by atoms with van der Waals surface area (Å²) in [6.07, 6.45) is 59.5. The summed E-state index contributed by atoms with van der Waals surface area (Å²) in [6, 6.07) is 0. The number of unbranched alkanes of at least 4 members (excludes halogenated alkanes) is 40. The third-order valence-corrected chi connectivity index (χ3v) is 14.6. The Hall–Kier alpha value is -1.59. The molecule has 0 aliphatic rings. The van der Waals surface area contributed by atoms with Crippen LogP contribution in [0.4, 0.5) is 0 Å². The molecule has 2 atom stereocenters. The van der Waals surface area contributed by atoms with Crippen LogP contribution in [-0.2, 0) is 28.6 Å². The number of carbonyl (C=O) groups excluding carboxylic acids is 3. The van der Waals surface area contributed by atoms with Crippen molar-refractivity contribution < 1.29 is 28.6 Å². The molecule has 68 heavy (non-hydrogen) atoms. The van der Waals surface area contributed by atoms with E-state index in [1.165, 1.54) is 238 Å². The Morgan fingerprint density at radius 3 is 0.838 bits per heavy atom. The lowest BCUT2D eigenvalue weighted by molar-refractivity contribution is -0.167. The molecule has 0 aromatic rings. The lowest BCUT2D eigenvalue weighted by atomic mass is 9.99. The SMILES string of the molecule is CCCCCCCCCCCCCC(=O)OC[C@@H](COC(=O)CCCCCCCCCCCCCCCCCCCCC(C)CC)OC(=O)CCCCCCCCCCCCCCCCC(C)C. The summed E-state index contributed by atoms with van der Waals surface area (Å²) in [5.74, 6) is 0.918. The Morgan fingerprint density at radius 2 is 0.559 bits per heavy atom. The van der Waals surface area contributed by atoms with Gasteiger partial charge in [0.15, 0.2) is 6.10 Å². The van der Waals surface area contributed by atoms with Crippen LogP contribution in [-0.4, -0.2) is 37.2 Å². The summed E-state index contributed by atoms with van der Waals surface area (Å²) in [4.78, 5) is 38.2. The fourth-order valence-electron chi connectivity index (χ4n) is 9.55. The highest BCUT2D eigenvalue weighted by Crippen LogP contribution is 2.19. The van der Waals surface area contributed by atoms with Crippen LogP contribution in [0.25, 0.3) is 0 Å². The second kappa shape index (κ2) is 54.7. The molecule has 0 aliphatic carbocycles. The van der Waals surface area contributed by atoms with E-state index < -0.39 is 6.10 Å². The van der Waals surface area contributed by atoms with Gasteiger partial charge < -0.3 is 14.2 Å². The quantitative estimate of drug-likeness (QED) is 0.0343. The summed E-state index contributed by atoms with van der Waals surface area (Å²) in [6.45, 7) is 11.5. The van der Waals surface area contributed by atoms with Crippen molar-refractivity contribution >= 4 is 17.9 Å². The van der Waals surface area contributed by atoms with Crippen LogP contribution in [0.1, 0.15) is 349 Å². The predicted octanol–water partition coefficient (Wildman–Crippen LogP) is 20.4. The number of ether oxygens (including phenoxy) is 3. The van der Waals surface area contributed by atoms with E-state index in [0.29, 0.717) is 19.3 Å². The van der Waals surface area contributed by atoms with E-state index in [2.05, 4.69) is 34.6 Å². The fourth-order valence-corrected chi connectivity index (χ4v) is 9.55. The van der Waals surface area contributed by atoms with Gasteiger partial charge in [-0.15, -0.1) is 0 Å². The van der Waals surface area contributed by atoms with Crippen molar-refractivity contribution in [3.05, 3.63) is 0 Å². The fraction of sp³-hybridized carbons (Fsp3) is 0.952. The molecule has 0 aromatic carbocycles. The first-order valence-corrected chi connectivity index (χ1v) is 30.8. The molecule has 0 spiro atoms. The second-order valence-electron chi connectivity index (χ2n) is 22.1. The third-order valence-electron chi connectivity index (χ3n) is 14.6. The van der Waals surface area contributed by atoms with Crippen molar-refractivity contribution in [3.63, 3.8) is 0 Å². The topological polar surface area (TPSA) is 78.9 Å². The molecule has 0 fully saturated rings. The van der Waals surface area contributed by atoms with Crippen molar-refractivity contribution in [2.45, 2.75) is 355 Å².